The Morgan fingerprint density at radius 1 is 0.900 bits per heavy atom. The van der Waals surface area contributed by atoms with Crippen molar-refractivity contribution in [2.75, 3.05) is 25.4 Å². The number of hydrogen-bond acceptors (Lipinski definition) is 3. The van der Waals surface area contributed by atoms with Crippen LogP contribution in [0.15, 0.2) is 53.6 Å². The summed E-state index contributed by atoms with van der Waals surface area (Å²) in [4.78, 5) is 30.8. The van der Waals surface area contributed by atoms with Gasteiger partial charge in [-0.05, 0) is 36.1 Å². The maximum Gasteiger partial charge on any atom is 0.242 e. The molecule has 2 amide bonds. The zero-order chi connectivity index (χ0) is 22.1. The Kier molecular flexibility index (Phi) is 9.50. The van der Waals surface area contributed by atoms with E-state index in [1.807, 2.05) is 65.2 Å². The lowest BCUT2D eigenvalue weighted by atomic mass is 10.2. The van der Waals surface area contributed by atoms with Crippen molar-refractivity contribution in [1.29, 1.82) is 0 Å². The molecule has 0 spiro atoms. The molecule has 0 atom stereocenters. The van der Waals surface area contributed by atoms with Crippen molar-refractivity contribution >= 4 is 23.6 Å². The highest BCUT2D eigenvalue weighted by molar-refractivity contribution is 8.00. The Labute approximate surface area is 185 Å². The number of nitrogens with zero attached hydrogens (tertiary/aromatic N) is 3. The molecule has 0 radical (unpaired) electrons. The SMILES string of the molecule is CC(C)CN(CC(=O)N(Cc1cccn1C)CC(C)C)C(=O)CSc1ccccc1. The average molecular weight is 430 g/mol. The first-order valence-corrected chi connectivity index (χ1v) is 11.6. The zero-order valence-electron chi connectivity index (χ0n) is 18.9. The molecule has 2 aromatic rings. The molecule has 164 valence electrons. The maximum atomic E-state index is 13.2. The number of thioether (sulfide) groups is 1. The highest BCUT2D eigenvalue weighted by Gasteiger charge is 2.23. The Morgan fingerprint density at radius 2 is 1.53 bits per heavy atom. The predicted molar refractivity (Wildman–Crippen MR) is 124 cm³/mol. The lowest BCUT2D eigenvalue weighted by Crippen LogP contribution is -2.45. The summed E-state index contributed by atoms with van der Waals surface area (Å²) in [6.07, 6.45) is 1.99. The van der Waals surface area contributed by atoms with Gasteiger partial charge < -0.3 is 14.4 Å². The third kappa shape index (κ3) is 7.90. The van der Waals surface area contributed by atoms with Crippen molar-refractivity contribution in [2.45, 2.75) is 39.1 Å². The van der Waals surface area contributed by atoms with E-state index in [9.17, 15) is 9.59 Å². The molecule has 1 heterocycles. The molecule has 0 fully saturated rings. The second-order valence-electron chi connectivity index (χ2n) is 8.55. The molecular weight excluding hydrogens is 394 g/mol. The van der Waals surface area contributed by atoms with Gasteiger partial charge in [0.1, 0.15) is 0 Å². The third-order valence-electron chi connectivity index (χ3n) is 4.71. The van der Waals surface area contributed by atoms with Gasteiger partial charge in [-0.15, -0.1) is 11.8 Å². The van der Waals surface area contributed by atoms with E-state index in [0.717, 1.165) is 10.6 Å². The van der Waals surface area contributed by atoms with Crippen molar-refractivity contribution in [3.8, 4) is 0 Å². The zero-order valence-corrected chi connectivity index (χ0v) is 19.7. The fourth-order valence-electron chi connectivity index (χ4n) is 3.26. The van der Waals surface area contributed by atoms with E-state index < -0.39 is 0 Å². The first kappa shape index (κ1) is 24.1. The minimum atomic E-state index is 0.00334. The van der Waals surface area contributed by atoms with E-state index in [0.29, 0.717) is 37.2 Å². The van der Waals surface area contributed by atoms with Crippen LogP contribution in [-0.2, 0) is 23.2 Å². The van der Waals surface area contributed by atoms with Crippen LogP contribution in [0.5, 0.6) is 0 Å². The van der Waals surface area contributed by atoms with Gasteiger partial charge in [-0.25, -0.2) is 0 Å². The maximum absolute atomic E-state index is 13.2. The summed E-state index contributed by atoms with van der Waals surface area (Å²) < 4.78 is 2.04. The molecule has 5 nitrogen and oxygen atoms in total. The summed E-state index contributed by atoms with van der Waals surface area (Å²) in [6.45, 7) is 10.3. The number of carbonyl (C=O) groups excluding carboxylic acids is 2. The van der Waals surface area contributed by atoms with Gasteiger partial charge in [0.25, 0.3) is 0 Å². The molecule has 1 aromatic heterocycles. The van der Waals surface area contributed by atoms with E-state index in [4.69, 9.17) is 0 Å². The Balaban J connectivity index is 2.06. The molecule has 0 saturated carbocycles. The van der Waals surface area contributed by atoms with Crippen LogP contribution in [0.3, 0.4) is 0 Å². The van der Waals surface area contributed by atoms with E-state index in [1.54, 1.807) is 4.90 Å². The summed E-state index contributed by atoms with van der Waals surface area (Å²) in [5.74, 6) is 1.01. The van der Waals surface area contributed by atoms with Gasteiger partial charge in [0, 0.05) is 36.9 Å². The fourth-order valence-corrected chi connectivity index (χ4v) is 4.09. The molecule has 0 aliphatic rings. The van der Waals surface area contributed by atoms with Gasteiger partial charge in [0.15, 0.2) is 0 Å². The Hall–Kier alpha value is -2.21. The standard InChI is InChI=1S/C24H35N3O2S/c1-19(2)14-26(16-21-10-9-13-25(21)5)23(28)17-27(15-20(3)4)24(29)18-30-22-11-7-6-8-12-22/h6-13,19-20H,14-18H2,1-5H3. The number of hydrogen-bond donors (Lipinski definition) is 0. The monoisotopic (exact) mass is 429 g/mol. The van der Waals surface area contributed by atoms with Crippen molar-refractivity contribution in [3.05, 3.63) is 54.4 Å². The van der Waals surface area contributed by atoms with Crippen LogP contribution in [0.1, 0.15) is 33.4 Å². The van der Waals surface area contributed by atoms with Gasteiger partial charge in [-0.1, -0.05) is 45.9 Å². The summed E-state index contributed by atoms with van der Waals surface area (Å²) >= 11 is 1.52. The second kappa shape index (κ2) is 11.8. The number of carbonyl (C=O) groups is 2. The normalized spacial score (nSPS) is 11.2. The number of aromatic nitrogens is 1. The summed E-state index contributed by atoms with van der Waals surface area (Å²) in [6, 6.07) is 13.9. The van der Waals surface area contributed by atoms with E-state index in [1.165, 1.54) is 11.8 Å². The van der Waals surface area contributed by atoms with Gasteiger partial charge in [0.2, 0.25) is 11.8 Å². The molecule has 0 aliphatic carbocycles. The van der Waals surface area contributed by atoms with Crippen LogP contribution in [0, 0.1) is 11.8 Å². The smallest absolute Gasteiger partial charge is 0.242 e. The topological polar surface area (TPSA) is 45.6 Å². The average Bonchev–Trinajstić information content (AvgIpc) is 3.09. The molecule has 0 unspecified atom stereocenters. The van der Waals surface area contributed by atoms with Crippen LogP contribution in [0.2, 0.25) is 0 Å². The first-order valence-electron chi connectivity index (χ1n) is 10.6. The van der Waals surface area contributed by atoms with Crippen molar-refractivity contribution in [3.63, 3.8) is 0 Å². The highest BCUT2D eigenvalue weighted by Crippen LogP contribution is 2.18. The number of amides is 2. The predicted octanol–water partition coefficient (Wildman–Crippen LogP) is 4.29. The molecule has 6 heteroatoms. The molecule has 30 heavy (non-hydrogen) atoms. The van der Waals surface area contributed by atoms with E-state index in [-0.39, 0.29) is 18.4 Å². The van der Waals surface area contributed by atoms with Crippen LogP contribution >= 0.6 is 11.8 Å². The summed E-state index contributed by atoms with van der Waals surface area (Å²) in [7, 11) is 1.99. The molecule has 0 N–H and O–H groups in total. The Bertz CT molecular complexity index is 802. The molecule has 1 aromatic carbocycles. The van der Waals surface area contributed by atoms with Crippen molar-refractivity contribution in [2.24, 2.45) is 18.9 Å². The van der Waals surface area contributed by atoms with Crippen molar-refractivity contribution in [1.82, 2.24) is 14.4 Å². The van der Waals surface area contributed by atoms with E-state index in [2.05, 4.69) is 27.7 Å². The lowest BCUT2D eigenvalue weighted by molar-refractivity contribution is -0.140. The van der Waals surface area contributed by atoms with Crippen LogP contribution < -0.4 is 0 Å². The summed E-state index contributed by atoms with van der Waals surface area (Å²) in [5.41, 5.74) is 1.09. The largest absolute Gasteiger partial charge is 0.353 e. The van der Waals surface area contributed by atoms with Crippen LogP contribution in [0.25, 0.3) is 0 Å². The second-order valence-corrected chi connectivity index (χ2v) is 9.60. The minimum Gasteiger partial charge on any atom is -0.353 e. The number of aryl methyl sites for hydroxylation is 1. The fraction of sp³-hybridized carbons (Fsp3) is 0.500. The van der Waals surface area contributed by atoms with Crippen LogP contribution in [-0.4, -0.2) is 51.6 Å². The molecule has 2 rings (SSSR count). The van der Waals surface area contributed by atoms with Gasteiger partial charge in [-0.2, -0.15) is 0 Å². The first-order chi connectivity index (χ1) is 14.3. The Morgan fingerprint density at radius 3 is 2.10 bits per heavy atom. The van der Waals surface area contributed by atoms with Gasteiger partial charge >= 0.3 is 0 Å². The molecule has 0 bridgehead atoms. The summed E-state index contributed by atoms with van der Waals surface area (Å²) in [5, 5.41) is 0. The number of rotatable bonds is 11. The minimum absolute atomic E-state index is 0.00334. The van der Waals surface area contributed by atoms with Gasteiger partial charge in [0.05, 0.1) is 18.8 Å². The lowest BCUT2D eigenvalue weighted by Gasteiger charge is -2.30. The highest BCUT2D eigenvalue weighted by atomic mass is 32.2. The third-order valence-corrected chi connectivity index (χ3v) is 5.71. The molecule has 0 aliphatic heterocycles. The molecule has 0 saturated heterocycles. The van der Waals surface area contributed by atoms with Crippen molar-refractivity contribution < 1.29 is 9.59 Å². The molecular formula is C24H35N3O2S. The number of benzene rings is 1. The van der Waals surface area contributed by atoms with Gasteiger partial charge in [-0.3, -0.25) is 9.59 Å². The quantitative estimate of drug-likeness (QED) is 0.501. The van der Waals surface area contributed by atoms with Crippen LogP contribution in [0.4, 0.5) is 0 Å². The van der Waals surface area contributed by atoms with E-state index >= 15 is 0 Å².